The number of amides is 1. The molecule has 0 spiro atoms. The van der Waals surface area contributed by atoms with Crippen LogP contribution in [-0.4, -0.2) is 18.0 Å². The van der Waals surface area contributed by atoms with Gasteiger partial charge in [0.1, 0.15) is 5.75 Å². The molecule has 126 valence electrons. The van der Waals surface area contributed by atoms with Crippen LogP contribution in [0.25, 0.3) is 6.08 Å². The lowest BCUT2D eigenvalue weighted by atomic mass is 10.1. The maximum atomic E-state index is 12.0. The van der Waals surface area contributed by atoms with E-state index in [2.05, 4.69) is 10.3 Å². The second kappa shape index (κ2) is 7.64. The number of aromatic nitrogens is 1. The van der Waals surface area contributed by atoms with E-state index in [-0.39, 0.29) is 18.0 Å². The summed E-state index contributed by atoms with van der Waals surface area (Å²) in [4.78, 5) is 26.7. The first-order chi connectivity index (χ1) is 11.4. The predicted molar refractivity (Wildman–Crippen MR) is 95.1 cm³/mol. The van der Waals surface area contributed by atoms with Crippen LogP contribution in [-0.2, 0) is 11.3 Å². The van der Waals surface area contributed by atoms with Gasteiger partial charge in [0.2, 0.25) is 5.91 Å². The van der Waals surface area contributed by atoms with E-state index < -0.39 is 0 Å². The highest BCUT2D eigenvalue weighted by Gasteiger charge is 2.06. The van der Waals surface area contributed by atoms with E-state index in [1.165, 1.54) is 6.08 Å². The highest BCUT2D eigenvalue weighted by atomic mass is 16.5. The Morgan fingerprint density at radius 1 is 1.25 bits per heavy atom. The first kappa shape index (κ1) is 17.5. The molecule has 2 rings (SSSR count). The lowest BCUT2D eigenvalue weighted by Crippen LogP contribution is -2.26. The van der Waals surface area contributed by atoms with Crippen molar-refractivity contribution in [1.82, 2.24) is 10.3 Å². The largest absolute Gasteiger partial charge is 0.496 e. The molecule has 1 amide bonds. The number of aromatic amines is 1. The molecule has 0 saturated heterocycles. The second-order valence-corrected chi connectivity index (χ2v) is 5.74. The molecule has 0 saturated carbocycles. The number of nitrogens with one attached hydrogen (secondary N) is 2. The molecule has 0 bridgehead atoms. The zero-order chi connectivity index (χ0) is 17.7. The Balaban J connectivity index is 2.07. The molecule has 24 heavy (non-hydrogen) atoms. The molecular formula is C19H22N2O3. The van der Waals surface area contributed by atoms with Gasteiger partial charge in [0.25, 0.3) is 5.56 Å². The van der Waals surface area contributed by atoms with Gasteiger partial charge in [-0.1, -0.05) is 11.6 Å². The SMILES string of the molecule is COc1ccc(C)cc1/C=C/C(=O)NCc1c(C)cc(C)[nH]c1=O. The van der Waals surface area contributed by atoms with Gasteiger partial charge in [-0.05, 0) is 50.6 Å². The fourth-order valence-electron chi connectivity index (χ4n) is 2.49. The molecule has 0 fully saturated rings. The third-order valence-corrected chi connectivity index (χ3v) is 3.73. The average molecular weight is 326 g/mol. The number of carbonyl (C=O) groups excluding carboxylic acids is 1. The van der Waals surface area contributed by atoms with E-state index in [4.69, 9.17) is 4.74 Å². The van der Waals surface area contributed by atoms with Crippen molar-refractivity contribution in [3.8, 4) is 5.75 Å². The minimum Gasteiger partial charge on any atom is -0.496 e. The van der Waals surface area contributed by atoms with Gasteiger partial charge in [-0.25, -0.2) is 0 Å². The third kappa shape index (κ3) is 4.35. The van der Waals surface area contributed by atoms with Crippen LogP contribution in [0, 0.1) is 20.8 Å². The number of carbonyl (C=O) groups is 1. The average Bonchev–Trinajstić information content (AvgIpc) is 2.52. The topological polar surface area (TPSA) is 71.2 Å². The highest BCUT2D eigenvalue weighted by molar-refractivity contribution is 5.92. The van der Waals surface area contributed by atoms with Crippen LogP contribution in [0.4, 0.5) is 0 Å². The van der Waals surface area contributed by atoms with Gasteiger partial charge in [-0.15, -0.1) is 0 Å². The maximum Gasteiger partial charge on any atom is 0.253 e. The number of benzene rings is 1. The molecule has 0 aliphatic rings. The minimum atomic E-state index is -0.266. The number of pyridine rings is 1. The molecular weight excluding hydrogens is 304 g/mol. The molecule has 1 aromatic carbocycles. The van der Waals surface area contributed by atoms with Crippen molar-refractivity contribution in [2.45, 2.75) is 27.3 Å². The molecule has 0 radical (unpaired) electrons. The first-order valence-corrected chi connectivity index (χ1v) is 7.70. The molecule has 1 heterocycles. The molecule has 0 aliphatic carbocycles. The normalized spacial score (nSPS) is 10.8. The summed E-state index contributed by atoms with van der Waals surface area (Å²) in [6, 6.07) is 7.64. The summed E-state index contributed by atoms with van der Waals surface area (Å²) in [5.41, 5.74) is 3.97. The van der Waals surface area contributed by atoms with Crippen molar-refractivity contribution in [1.29, 1.82) is 0 Å². The van der Waals surface area contributed by atoms with Crippen LogP contribution >= 0.6 is 0 Å². The fraction of sp³-hybridized carbons (Fsp3) is 0.263. The number of hydrogen-bond acceptors (Lipinski definition) is 3. The Morgan fingerprint density at radius 2 is 2.00 bits per heavy atom. The molecule has 0 aliphatic heterocycles. The second-order valence-electron chi connectivity index (χ2n) is 5.74. The van der Waals surface area contributed by atoms with Crippen molar-refractivity contribution in [2.24, 2.45) is 0 Å². The van der Waals surface area contributed by atoms with Crippen LogP contribution < -0.4 is 15.6 Å². The lowest BCUT2D eigenvalue weighted by molar-refractivity contribution is -0.116. The number of ether oxygens (including phenoxy) is 1. The van der Waals surface area contributed by atoms with Crippen molar-refractivity contribution in [3.05, 3.63) is 68.6 Å². The number of hydrogen-bond donors (Lipinski definition) is 2. The van der Waals surface area contributed by atoms with Crippen LogP contribution in [0.5, 0.6) is 5.75 Å². The lowest BCUT2D eigenvalue weighted by Gasteiger charge is -2.07. The van der Waals surface area contributed by atoms with Crippen LogP contribution in [0.3, 0.4) is 0 Å². The summed E-state index contributed by atoms with van der Waals surface area (Å²) >= 11 is 0. The van der Waals surface area contributed by atoms with Gasteiger partial charge in [0, 0.05) is 29.4 Å². The Hall–Kier alpha value is -2.82. The van der Waals surface area contributed by atoms with Crippen molar-refractivity contribution in [3.63, 3.8) is 0 Å². The Kier molecular flexibility index (Phi) is 5.58. The fourth-order valence-corrected chi connectivity index (χ4v) is 2.49. The van der Waals surface area contributed by atoms with E-state index in [1.54, 1.807) is 13.2 Å². The summed E-state index contributed by atoms with van der Waals surface area (Å²) in [5, 5.41) is 2.74. The van der Waals surface area contributed by atoms with Crippen molar-refractivity contribution in [2.75, 3.05) is 7.11 Å². The molecule has 0 atom stereocenters. The summed E-state index contributed by atoms with van der Waals surface area (Å²) in [5.74, 6) is 0.438. The first-order valence-electron chi connectivity index (χ1n) is 7.70. The van der Waals surface area contributed by atoms with Gasteiger partial charge >= 0.3 is 0 Å². The Bertz CT molecular complexity index is 835. The summed E-state index contributed by atoms with van der Waals surface area (Å²) in [6.45, 7) is 5.85. The van der Waals surface area contributed by atoms with Gasteiger partial charge in [-0.2, -0.15) is 0 Å². The molecule has 5 heteroatoms. The number of aryl methyl sites for hydroxylation is 3. The summed E-state index contributed by atoms with van der Waals surface area (Å²) < 4.78 is 5.28. The van der Waals surface area contributed by atoms with Gasteiger partial charge in [0.05, 0.1) is 7.11 Å². The van der Waals surface area contributed by atoms with E-state index in [9.17, 15) is 9.59 Å². The van der Waals surface area contributed by atoms with Crippen LogP contribution in [0.15, 0.2) is 35.1 Å². The van der Waals surface area contributed by atoms with Crippen molar-refractivity contribution < 1.29 is 9.53 Å². The molecule has 2 aromatic rings. The smallest absolute Gasteiger partial charge is 0.253 e. The Morgan fingerprint density at radius 3 is 2.67 bits per heavy atom. The van der Waals surface area contributed by atoms with E-state index >= 15 is 0 Å². The summed E-state index contributed by atoms with van der Waals surface area (Å²) in [6.07, 6.45) is 3.14. The minimum absolute atomic E-state index is 0.169. The third-order valence-electron chi connectivity index (χ3n) is 3.73. The van der Waals surface area contributed by atoms with Crippen LogP contribution in [0.1, 0.15) is 27.9 Å². The molecule has 5 nitrogen and oxygen atoms in total. The summed E-state index contributed by atoms with van der Waals surface area (Å²) in [7, 11) is 1.59. The molecule has 2 N–H and O–H groups in total. The number of rotatable bonds is 5. The number of H-pyrrole nitrogens is 1. The maximum absolute atomic E-state index is 12.0. The Labute approximate surface area is 141 Å². The van der Waals surface area contributed by atoms with E-state index in [0.717, 1.165) is 22.4 Å². The molecule has 0 unspecified atom stereocenters. The monoisotopic (exact) mass is 326 g/mol. The highest BCUT2D eigenvalue weighted by Crippen LogP contribution is 2.20. The van der Waals surface area contributed by atoms with Crippen LogP contribution in [0.2, 0.25) is 0 Å². The van der Waals surface area contributed by atoms with Crippen molar-refractivity contribution >= 4 is 12.0 Å². The number of methoxy groups -OCH3 is 1. The quantitative estimate of drug-likeness (QED) is 0.830. The standard InChI is InChI=1S/C19H22N2O3/c1-12-5-7-17(24-4)15(9-12)6-8-18(22)20-11-16-13(2)10-14(3)21-19(16)23/h5-10H,11H2,1-4H3,(H,20,22)(H,21,23)/b8-6+. The van der Waals surface area contributed by atoms with E-state index in [0.29, 0.717) is 11.3 Å². The van der Waals surface area contributed by atoms with Gasteiger partial charge < -0.3 is 15.0 Å². The molecule has 1 aromatic heterocycles. The van der Waals surface area contributed by atoms with E-state index in [1.807, 2.05) is 45.0 Å². The zero-order valence-corrected chi connectivity index (χ0v) is 14.4. The van der Waals surface area contributed by atoms with Gasteiger partial charge in [0.15, 0.2) is 0 Å². The zero-order valence-electron chi connectivity index (χ0n) is 14.4. The predicted octanol–water partition coefficient (Wildman–Crippen LogP) is 2.64. The van der Waals surface area contributed by atoms with Gasteiger partial charge in [-0.3, -0.25) is 9.59 Å².